The number of nitrogens with two attached hydrogens (primary N) is 1. The number of aromatic nitrogens is 1. The van der Waals surface area contributed by atoms with Crippen LogP contribution in [0.1, 0.15) is 24.1 Å². The van der Waals surface area contributed by atoms with Gasteiger partial charge in [-0.3, -0.25) is 0 Å². The number of carbonyl (C=O) groups is 1. The Morgan fingerprint density at radius 2 is 2.09 bits per heavy atom. The number of hydrogen-bond donors (Lipinski definition) is 3. The number of H-pyrrole nitrogens is 1. The van der Waals surface area contributed by atoms with Crippen LogP contribution in [0.5, 0.6) is 0 Å². The van der Waals surface area contributed by atoms with E-state index >= 15 is 0 Å². The molecule has 2 aliphatic rings. The maximum absolute atomic E-state index is 12.3. The molecule has 2 aliphatic heterocycles. The zero-order valence-corrected chi connectivity index (χ0v) is 13.8. The largest absolute Gasteiger partial charge is 0.465 e. The number of carbonyl (C=O) groups excluding carboxylic acids is 1. The molecule has 5 heteroatoms. The topological polar surface area (TPSA) is 63.1 Å². The van der Waals surface area contributed by atoms with E-state index in [9.17, 15) is 4.79 Å². The first-order valence-corrected chi connectivity index (χ1v) is 8.48. The van der Waals surface area contributed by atoms with E-state index in [1.165, 1.54) is 29.3 Å². The van der Waals surface area contributed by atoms with Crippen LogP contribution < -0.4 is 10.2 Å². The van der Waals surface area contributed by atoms with E-state index in [1.807, 2.05) is 0 Å². The number of benzene rings is 1. The van der Waals surface area contributed by atoms with Crippen LogP contribution in [0.3, 0.4) is 0 Å². The van der Waals surface area contributed by atoms with Gasteiger partial charge in [-0.15, -0.1) is 0 Å². The zero-order valence-electron chi connectivity index (χ0n) is 13.8. The molecule has 1 fully saturated rings. The van der Waals surface area contributed by atoms with Crippen molar-refractivity contribution in [3.8, 4) is 0 Å². The number of methoxy groups -OCH3 is 1. The fraction of sp³-hybridized carbons (Fsp3) is 0.500. The third-order valence-electron chi connectivity index (χ3n) is 5.76. The molecule has 1 aromatic carbocycles. The van der Waals surface area contributed by atoms with Crippen molar-refractivity contribution >= 4 is 16.9 Å². The van der Waals surface area contributed by atoms with E-state index in [-0.39, 0.29) is 17.6 Å². The number of para-hydroxylation sites is 1. The summed E-state index contributed by atoms with van der Waals surface area (Å²) in [5.74, 6) is -0.105. The molecule has 0 amide bonds. The van der Waals surface area contributed by atoms with Crippen LogP contribution in [-0.2, 0) is 21.5 Å². The number of rotatable bonds is 1. The van der Waals surface area contributed by atoms with Gasteiger partial charge in [0.1, 0.15) is 5.54 Å². The van der Waals surface area contributed by atoms with Gasteiger partial charge in [0.25, 0.3) is 0 Å². The summed E-state index contributed by atoms with van der Waals surface area (Å²) in [5.41, 5.74) is 3.83. The summed E-state index contributed by atoms with van der Waals surface area (Å²) in [6, 6.07) is 8.31. The first-order chi connectivity index (χ1) is 11.1. The predicted octanol–water partition coefficient (Wildman–Crippen LogP) is -0.667. The Balaban J connectivity index is 1.85. The van der Waals surface area contributed by atoms with Crippen molar-refractivity contribution in [2.75, 3.05) is 27.2 Å². The average molecular weight is 315 g/mol. The lowest BCUT2D eigenvalue weighted by Crippen LogP contribution is -3.14. The van der Waals surface area contributed by atoms with Crippen LogP contribution in [0.4, 0.5) is 0 Å². The molecule has 1 spiro atoms. The highest BCUT2D eigenvalue weighted by Gasteiger charge is 2.50. The maximum atomic E-state index is 12.3. The number of piperidine rings is 1. The minimum atomic E-state index is -0.134. The molecule has 23 heavy (non-hydrogen) atoms. The second kappa shape index (κ2) is 5.35. The molecule has 0 radical (unpaired) electrons. The Kier molecular flexibility index (Phi) is 3.43. The van der Waals surface area contributed by atoms with Gasteiger partial charge in [-0.25, -0.2) is 4.79 Å². The predicted molar refractivity (Wildman–Crippen MR) is 87.3 cm³/mol. The molecular formula is C18H25N3O2+2. The monoisotopic (exact) mass is 315 g/mol. The van der Waals surface area contributed by atoms with Crippen molar-refractivity contribution in [1.29, 1.82) is 0 Å². The first kappa shape index (κ1) is 14.7. The summed E-state index contributed by atoms with van der Waals surface area (Å²) in [6.07, 6.45) is 2.93. The Morgan fingerprint density at radius 3 is 2.83 bits per heavy atom. The fourth-order valence-electron chi connectivity index (χ4n) is 4.43. The summed E-state index contributed by atoms with van der Waals surface area (Å²) in [4.78, 5) is 17.5. The Morgan fingerprint density at radius 1 is 1.35 bits per heavy atom. The Hall–Kier alpha value is -1.85. The van der Waals surface area contributed by atoms with Crippen molar-refractivity contribution in [3.05, 3.63) is 35.5 Å². The molecular weight excluding hydrogens is 290 g/mol. The lowest BCUT2D eigenvalue weighted by atomic mass is 9.77. The zero-order chi connectivity index (χ0) is 16.0. The quantitative estimate of drug-likeness (QED) is 0.612. The third kappa shape index (κ3) is 2.26. The van der Waals surface area contributed by atoms with Crippen LogP contribution in [-0.4, -0.2) is 44.2 Å². The smallest absolute Gasteiger partial charge is 0.364 e. The van der Waals surface area contributed by atoms with Gasteiger partial charge in [0.05, 0.1) is 45.8 Å². The minimum absolute atomic E-state index is 0.00896. The second-order valence-electron chi connectivity index (χ2n) is 7.14. The number of likely N-dealkylation sites (tertiary alicyclic amines) is 1. The number of ether oxygens (including phenoxy) is 1. The van der Waals surface area contributed by atoms with Crippen LogP contribution in [0.25, 0.3) is 10.9 Å². The molecule has 1 atom stereocenters. The highest BCUT2D eigenvalue weighted by atomic mass is 16.5. The molecule has 1 saturated heterocycles. The van der Waals surface area contributed by atoms with E-state index in [0.29, 0.717) is 0 Å². The fourth-order valence-corrected chi connectivity index (χ4v) is 4.43. The SMILES string of the molecule is COC(=O)[C@@H]1Cc2c([nH]c3ccccc23)C2(CC[NH+](C)CC2)[NH2+]1. The molecule has 0 aliphatic carbocycles. The van der Waals surface area contributed by atoms with Crippen LogP contribution in [0.2, 0.25) is 0 Å². The summed E-state index contributed by atoms with van der Waals surface area (Å²) in [5, 5.41) is 3.54. The third-order valence-corrected chi connectivity index (χ3v) is 5.76. The van der Waals surface area contributed by atoms with Gasteiger partial charge in [-0.05, 0) is 11.6 Å². The first-order valence-electron chi connectivity index (χ1n) is 8.48. The second-order valence-corrected chi connectivity index (χ2v) is 7.14. The maximum Gasteiger partial charge on any atom is 0.364 e. The van der Waals surface area contributed by atoms with Gasteiger partial charge >= 0.3 is 5.97 Å². The van der Waals surface area contributed by atoms with Crippen LogP contribution in [0.15, 0.2) is 24.3 Å². The minimum Gasteiger partial charge on any atom is -0.465 e. The number of hydrogen-bond acceptors (Lipinski definition) is 2. The highest BCUT2D eigenvalue weighted by molar-refractivity contribution is 5.86. The molecule has 0 unspecified atom stereocenters. The normalized spacial score (nSPS) is 30.3. The van der Waals surface area contributed by atoms with Gasteiger partial charge < -0.3 is 19.9 Å². The van der Waals surface area contributed by atoms with Crippen molar-refractivity contribution in [2.45, 2.75) is 30.8 Å². The summed E-state index contributed by atoms with van der Waals surface area (Å²) in [7, 11) is 3.74. The molecule has 5 nitrogen and oxygen atoms in total. The van der Waals surface area contributed by atoms with Gasteiger partial charge in [0.2, 0.25) is 0 Å². The molecule has 0 saturated carbocycles. The molecule has 1 aromatic heterocycles. The lowest BCUT2D eigenvalue weighted by Gasteiger charge is -2.41. The number of fused-ring (bicyclic) bond motifs is 4. The number of esters is 1. The Labute approximate surface area is 136 Å². The standard InChI is InChI=1S/C18H23N3O2/c1-21-9-7-18(8-10-21)16-13(11-15(20-18)17(22)23-2)12-5-3-4-6-14(12)19-16/h3-6,15,19-20H,7-11H2,1-2H3/p+2/t15-/m0/s1. The average Bonchev–Trinajstić information content (AvgIpc) is 2.96. The Bertz CT molecular complexity index is 744. The van der Waals surface area contributed by atoms with E-state index in [0.717, 1.165) is 32.4 Å². The van der Waals surface area contributed by atoms with Crippen LogP contribution >= 0.6 is 0 Å². The number of aromatic amines is 1. The van der Waals surface area contributed by atoms with E-state index in [2.05, 4.69) is 41.6 Å². The lowest BCUT2D eigenvalue weighted by molar-refractivity contribution is -0.903. The number of quaternary nitrogens is 2. The van der Waals surface area contributed by atoms with Gasteiger partial charge in [0, 0.05) is 17.3 Å². The van der Waals surface area contributed by atoms with Crippen molar-refractivity contribution < 1.29 is 19.7 Å². The molecule has 2 aromatic rings. The summed E-state index contributed by atoms with van der Waals surface area (Å²) in [6.45, 7) is 2.28. The van der Waals surface area contributed by atoms with Gasteiger partial charge in [-0.1, -0.05) is 18.2 Å². The van der Waals surface area contributed by atoms with Gasteiger partial charge in [0.15, 0.2) is 6.04 Å². The molecule has 122 valence electrons. The van der Waals surface area contributed by atoms with E-state index in [1.54, 1.807) is 4.90 Å². The summed E-state index contributed by atoms with van der Waals surface area (Å²) >= 11 is 0. The van der Waals surface area contributed by atoms with Crippen LogP contribution in [0, 0.1) is 0 Å². The molecule has 3 heterocycles. The van der Waals surface area contributed by atoms with E-state index < -0.39 is 0 Å². The van der Waals surface area contributed by atoms with Crippen molar-refractivity contribution in [3.63, 3.8) is 0 Å². The van der Waals surface area contributed by atoms with Gasteiger partial charge in [-0.2, -0.15) is 0 Å². The highest BCUT2D eigenvalue weighted by Crippen LogP contribution is 2.36. The molecule has 4 N–H and O–H groups in total. The molecule has 4 rings (SSSR count). The van der Waals surface area contributed by atoms with E-state index in [4.69, 9.17) is 4.74 Å². The van der Waals surface area contributed by atoms with Crippen molar-refractivity contribution in [1.82, 2.24) is 4.98 Å². The number of nitrogens with one attached hydrogen (secondary N) is 2. The van der Waals surface area contributed by atoms with Crippen molar-refractivity contribution in [2.24, 2.45) is 0 Å². The molecule has 0 bridgehead atoms. The summed E-state index contributed by atoms with van der Waals surface area (Å²) < 4.78 is 5.06.